The highest BCUT2D eigenvalue weighted by Crippen LogP contribution is 2.30. The molecule has 0 saturated carbocycles. The van der Waals surface area contributed by atoms with Gasteiger partial charge in [0.15, 0.2) is 0 Å². The largest absolute Gasteiger partial charge is 0.384 e. The number of hydrogen-bond donors (Lipinski definition) is 1. The molecule has 0 fully saturated rings. The molecule has 0 amide bonds. The van der Waals surface area contributed by atoms with E-state index < -0.39 is 0 Å². The molecule has 0 bridgehead atoms. The highest BCUT2D eigenvalue weighted by Gasteiger charge is 2.22. The average Bonchev–Trinajstić information content (AvgIpc) is 2.26. The molecule has 1 aliphatic heterocycles. The Bertz CT molecular complexity index is 344. The fraction of sp³-hybridized carbons (Fsp3) is 0.500. The van der Waals surface area contributed by atoms with Crippen molar-refractivity contribution >= 4 is 5.69 Å². The number of halogens is 1. The first-order valence-electron chi connectivity index (χ1n) is 5.09. The molecular weight excluding hydrogens is 177 g/mol. The number of rotatable bonds is 0. The Hall–Kier alpha value is -1.05. The maximum Gasteiger partial charge on any atom is 0.123 e. The van der Waals surface area contributed by atoms with Crippen LogP contribution in [0.15, 0.2) is 18.2 Å². The first-order valence-corrected chi connectivity index (χ1v) is 5.09. The van der Waals surface area contributed by atoms with Gasteiger partial charge >= 0.3 is 0 Å². The SMILES string of the molecule is CC1(C)CCc2cc(F)ccc2NC1. The van der Waals surface area contributed by atoms with Crippen LogP contribution in [0.4, 0.5) is 10.1 Å². The quantitative estimate of drug-likeness (QED) is 0.667. The van der Waals surface area contributed by atoms with Crippen molar-refractivity contribution in [3.63, 3.8) is 0 Å². The number of nitrogens with one attached hydrogen (secondary N) is 1. The van der Waals surface area contributed by atoms with Crippen LogP contribution in [-0.2, 0) is 6.42 Å². The summed E-state index contributed by atoms with van der Waals surface area (Å²) in [4.78, 5) is 0. The summed E-state index contributed by atoms with van der Waals surface area (Å²) in [5, 5.41) is 3.38. The van der Waals surface area contributed by atoms with Crippen LogP contribution in [0.1, 0.15) is 25.8 Å². The van der Waals surface area contributed by atoms with Gasteiger partial charge in [-0.05, 0) is 42.0 Å². The van der Waals surface area contributed by atoms with Crippen LogP contribution in [0.25, 0.3) is 0 Å². The molecule has 76 valence electrons. The molecule has 1 N–H and O–H groups in total. The maximum atomic E-state index is 13.0. The van der Waals surface area contributed by atoms with Gasteiger partial charge in [0.1, 0.15) is 5.82 Å². The fourth-order valence-corrected chi connectivity index (χ4v) is 1.84. The molecule has 0 unspecified atom stereocenters. The Balaban J connectivity index is 2.30. The van der Waals surface area contributed by atoms with Crippen molar-refractivity contribution in [3.05, 3.63) is 29.6 Å². The summed E-state index contributed by atoms with van der Waals surface area (Å²) in [6.45, 7) is 5.44. The monoisotopic (exact) mass is 193 g/mol. The molecule has 14 heavy (non-hydrogen) atoms. The molecule has 2 heteroatoms. The highest BCUT2D eigenvalue weighted by atomic mass is 19.1. The van der Waals surface area contributed by atoms with E-state index in [9.17, 15) is 4.39 Å². The van der Waals surface area contributed by atoms with E-state index in [0.717, 1.165) is 30.6 Å². The lowest BCUT2D eigenvalue weighted by molar-refractivity contribution is 0.365. The van der Waals surface area contributed by atoms with E-state index in [-0.39, 0.29) is 5.82 Å². The Kier molecular flexibility index (Phi) is 2.22. The zero-order chi connectivity index (χ0) is 10.2. The van der Waals surface area contributed by atoms with E-state index in [4.69, 9.17) is 0 Å². The predicted molar refractivity (Wildman–Crippen MR) is 57.0 cm³/mol. The normalized spacial score (nSPS) is 19.4. The van der Waals surface area contributed by atoms with Crippen LogP contribution in [0.2, 0.25) is 0 Å². The van der Waals surface area contributed by atoms with Gasteiger partial charge in [-0.3, -0.25) is 0 Å². The lowest BCUT2D eigenvalue weighted by Crippen LogP contribution is -2.21. The third kappa shape index (κ3) is 1.89. The van der Waals surface area contributed by atoms with Crippen molar-refractivity contribution in [1.29, 1.82) is 0 Å². The minimum absolute atomic E-state index is 0.134. The van der Waals surface area contributed by atoms with Crippen molar-refractivity contribution in [2.75, 3.05) is 11.9 Å². The summed E-state index contributed by atoms with van der Waals surface area (Å²) in [5.41, 5.74) is 2.50. The van der Waals surface area contributed by atoms with E-state index in [2.05, 4.69) is 19.2 Å². The third-order valence-corrected chi connectivity index (χ3v) is 2.90. The first-order chi connectivity index (χ1) is 6.57. The summed E-state index contributed by atoms with van der Waals surface area (Å²) in [6, 6.07) is 5.00. The number of hydrogen-bond acceptors (Lipinski definition) is 1. The first kappa shape index (κ1) is 9.50. The molecule has 1 heterocycles. The number of anilines is 1. The van der Waals surface area contributed by atoms with E-state index in [1.54, 1.807) is 6.07 Å². The van der Waals surface area contributed by atoms with Crippen molar-refractivity contribution in [3.8, 4) is 0 Å². The van der Waals surface area contributed by atoms with Gasteiger partial charge in [-0.25, -0.2) is 4.39 Å². The standard InChI is InChI=1S/C12H16FN/c1-12(2)6-5-9-7-10(13)3-4-11(9)14-8-12/h3-4,7,14H,5-6,8H2,1-2H3. The molecule has 0 radical (unpaired) electrons. The van der Waals surface area contributed by atoms with Crippen molar-refractivity contribution < 1.29 is 4.39 Å². The molecule has 1 nitrogen and oxygen atoms in total. The Morgan fingerprint density at radius 1 is 1.36 bits per heavy atom. The van der Waals surface area contributed by atoms with Gasteiger partial charge in [-0.1, -0.05) is 13.8 Å². The Labute approximate surface area is 84.3 Å². The van der Waals surface area contributed by atoms with Crippen molar-refractivity contribution in [2.45, 2.75) is 26.7 Å². The molecule has 0 aromatic heterocycles. The molecule has 0 spiro atoms. The van der Waals surface area contributed by atoms with Crippen LogP contribution in [0.5, 0.6) is 0 Å². The molecule has 2 rings (SSSR count). The van der Waals surface area contributed by atoms with Crippen LogP contribution in [0.3, 0.4) is 0 Å². The zero-order valence-corrected chi connectivity index (χ0v) is 8.73. The maximum absolute atomic E-state index is 13.0. The smallest absolute Gasteiger partial charge is 0.123 e. The lowest BCUT2D eigenvalue weighted by atomic mass is 9.87. The van der Waals surface area contributed by atoms with Crippen LogP contribution >= 0.6 is 0 Å². The second-order valence-corrected chi connectivity index (χ2v) is 4.82. The van der Waals surface area contributed by atoms with Gasteiger partial charge in [0.25, 0.3) is 0 Å². The highest BCUT2D eigenvalue weighted by molar-refractivity contribution is 5.52. The van der Waals surface area contributed by atoms with Gasteiger partial charge in [0.05, 0.1) is 0 Å². The number of benzene rings is 1. The number of aryl methyl sites for hydroxylation is 1. The predicted octanol–water partition coefficient (Wildman–Crippen LogP) is 3.21. The summed E-state index contributed by atoms with van der Waals surface area (Å²) < 4.78 is 13.0. The molecule has 1 aromatic carbocycles. The zero-order valence-electron chi connectivity index (χ0n) is 8.73. The minimum Gasteiger partial charge on any atom is -0.384 e. The molecule has 1 aromatic rings. The molecule has 1 aliphatic rings. The topological polar surface area (TPSA) is 12.0 Å². The van der Waals surface area contributed by atoms with E-state index >= 15 is 0 Å². The summed E-state index contributed by atoms with van der Waals surface area (Å²) in [5.74, 6) is -0.134. The third-order valence-electron chi connectivity index (χ3n) is 2.90. The van der Waals surface area contributed by atoms with Crippen molar-refractivity contribution in [1.82, 2.24) is 0 Å². The fourth-order valence-electron chi connectivity index (χ4n) is 1.84. The van der Waals surface area contributed by atoms with E-state index in [1.165, 1.54) is 6.07 Å². The Morgan fingerprint density at radius 3 is 2.93 bits per heavy atom. The summed E-state index contributed by atoms with van der Waals surface area (Å²) >= 11 is 0. The second kappa shape index (κ2) is 3.26. The molecule has 0 atom stereocenters. The van der Waals surface area contributed by atoms with Gasteiger partial charge in [-0.2, -0.15) is 0 Å². The molecular formula is C12H16FN. The molecule has 0 saturated heterocycles. The van der Waals surface area contributed by atoms with Gasteiger partial charge in [0, 0.05) is 12.2 Å². The van der Waals surface area contributed by atoms with Gasteiger partial charge < -0.3 is 5.32 Å². The van der Waals surface area contributed by atoms with Gasteiger partial charge in [0.2, 0.25) is 0 Å². The lowest BCUT2D eigenvalue weighted by Gasteiger charge is -2.21. The van der Waals surface area contributed by atoms with Crippen molar-refractivity contribution in [2.24, 2.45) is 5.41 Å². The summed E-state index contributed by atoms with van der Waals surface area (Å²) in [6.07, 6.45) is 2.07. The summed E-state index contributed by atoms with van der Waals surface area (Å²) in [7, 11) is 0. The minimum atomic E-state index is -0.134. The van der Waals surface area contributed by atoms with E-state index in [1.807, 2.05) is 6.07 Å². The van der Waals surface area contributed by atoms with Crippen LogP contribution < -0.4 is 5.32 Å². The average molecular weight is 193 g/mol. The van der Waals surface area contributed by atoms with Crippen LogP contribution in [-0.4, -0.2) is 6.54 Å². The number of fused-ring (bicyclic) bond motifs is 1. The van der Waals surface area contributed by atoms with Gasteiger partial charge in [-0.15, -0.1) is 0 Å². The van der Waals surface area contributed by atoms with E-state index in [0.29, 0.717) is 5.41 Å². The molecule has 0 aliphatic carbocycles. The Morgan fingerprint density at radius 2 is 2.14 bits per heavy atom. The van der Waals surface area contributed by atoms with Crippen LogP contribution in [0, 0.1) is 11.2 Å². The second-order valence-electron chi connectivity index (χ2n) is 4.82.